The number of nitrogens with one attached hydrogen (secondary N) is 1. The fourth-order valence-electron chi connectivity index (χ4n) is 1.69. The van der Waals surface area contributed by atoms with Crippen LogP contribution >= 0.6 is 11.6 Å². The van der Waals surface area contributed by atoms with Gasteiger partial charge < -0.3 is 10.5 Å². The second kappa shape index (κ2) is 5.93. The summed E-state index contributed by atoms with van der Waals surface area (Å²) in [5.41, 5.74) is 7.04. The second-order valence-corrected chi connectivity index (χ2v) is 6.74. The van der Waals surface area contributed by atoms with Crippen molar-refractivity contribution in [3.05, 3.63) is 47.0 Å². The number of nitrogen functional groups attached to an aromatic ring is 1. The molecule has 7 heteroatoms. The molecule has 0 aliphatic rings. The smallest absolute Gasteiger partial charge is 0.240 e. The van der Waals surface area contributed by atoms with Gasteiger partial charge in [0.25, 0.3) is 0 Å². The molecule has 3 N–H and O–H groups in total. The number of hydrogen-bond acceptors (Lipinski definition) is 4. The Hall–Kier alpha value is -1.76. The molecule has 112 valence electrons. The van der Waals surface area contributed by atoms with Crippen LogP contribution in [-0.2, 0) is 10.0 Å². The molecule has 2 rings (SSSR count). The fraction of sp³-hybridized carbons (Fsp3) is 0.143. The predicted molar refractivity (Wildman–Crippen MR) is 83.4 cm³/mol. The average Bonchev–Trinajstić information content (AvgIpc) is 2.45. The first-order valence-corrected chi connectivity index (χ1v) is 7.96. The third kappa shape index (κ3) is 3.47. The van der Waals surface area contributed by atoms with Gasteiger partial charge in [0, 0.05) is 11.1 Å². The van der Waals surface area contributed by atoms with E-state index in [4.69, 9.17) is 22.1 Å². The van der Waals surface area contributed by atoms with Crippen LogP contribution in [0.4, 0.5) is 5.69 Å². The van der Waals surface area contributed by atoms with Crippen LogP contribution in [0.25, 0.3) is 0 Å². The minimum absolute atomic E-state index is 0.0777. The van der Waals surface area contributed by atoms with Gasteiger partial charge in [-0.2, -0.15) is 0 Å². The summed E-state index contributed by atoms with van der Waals surface area (Å²) >= 11 is 5.93. The number of anilines is 1. The number of benzene rings is 2. The summed E-state index contributed by atoms with van der Waals surface area (Å²) in [6.45, 7) is 1.86. The number of hydrogen-bond donors (Lipinski definition) is 2. The Kier molecular flexibility index (Phi) is 4.41. The van der Waals surface area contributed by atoms with Gasteiger partial charge in [0.15, 0.2) is 5.75 Å². The van der Waals surface area contributed by atoms with Gasteiger partial charge in [0.1, 0.15) is 5.75 Å². The standard InChI is InChI=1S/C14H15ClN2O3S/c1-9-3-4-10(15)7-13(9)20-14-8-11(5-6-12(14)16)21(18,19)17-2/h3-8,17H,16H2,1-2H3. The number of nitrogens with two attached hydrogens (primary N) is 1. The van der Waals surface area contributed by atoms with Crippen LogP contribution < -0.4 is 15.2 Å². The monoisotopic (exact) mass is 326 g/mol. The van der Waals surface area contributed by atoms with Gasteiger partial charge in [-0.05, 0) is 43.8 Å². The first kappa shape index (κ1) is 15.6. The third-order valence-corrected chi connectivity index (χ3v) is 4.58. The average molecular weight is 327 g/mol. The predicted octanol–water partition coefficient (Wildman–Crippen LogP) is 2.93. The molecule has 2 aromatic carbocycles. The highest BCUT2D eigenvalue weighted by Gasteiger charge is 2.15. The van der Waals surface area contributed by atoms with Crippen molar-refractivity contribution in [2.45, 2.75) is 11.8 Å². The highest BCUT2D eigenvalue weighted by Crippen LogP contribution is 2.32. The molecule has 0 aromatic heterocycles. The Morgan fingerprint density at radius 2 is 1.86 bits per heavy atom. The zero-order chi connectivity index (χ0) is 15.6. The summed E-state index contributed by atoms with van der Waals surface area (Å²) < 4.78 is 31.6. The number of aryl methyl sites for hydroxylation is 1. The van der Waals surface area contributed by atoms with Crippen LogP contribution in [0.15, 0.2) is 41.3 Å². The number of sulfonamides is 1. The zero-order valence-corrected chi connectivity index (χ0v) is 13.1. The molecule has 0 aliphatic carbocycles. The Balaban J connectivity index is 2.45. The third-order valence-electron chi connectivity index (χ3n) is 2.93. The van der Waals surface area contributed by atoms with Gasteiger partial charge in [0.05, 0.1) is 10.6 Å². The van der Waals surface area contributed by atoms with Crippen molar-refractivity contribution in [1.82, 2.24) is 4.72 Å². The van der Waals surface area contributed by atoms with E-state index in [9.17, 15) is 8.42 Å². The molecule has 2 aromatic rings. The molecule has 0 unspecified atom stereocenters. The number of ether oxygens (including phenoxy) is 1. The Bertz CT molecular complexity index is 776. The zero-order valence-electron chi connectivity index (χ0n) is 11.6. The lowest BCUT2D eigenvalue weighted by atomic mass is 10.2. The van der Waals surface area contributed by atoms with Gasteiger partial charge in [-0.1, -0.05) is 17.7 Å². The van der Waals surface area contributed by atoms with E-state index in [0.29, 0.717) is 16.5 Å². The summed E-state index contributed by atoms with van der Waals surface area (Å²) in [5.74, 6) is 0.782. The summed E-state index contributed by atoms with van der Waals surface area (Å²) in [4.78, 5) is 0.0777. The lowest BCUT2D eigenvalue weighted by Crippen LogP contribution is -2.18. The lowest BCUT2D eigenvalue weighted by Gasteiger charge is -2.12. The Morgan fingerprint density at radius 1 is 1.14 bits per heavy atom. The van der Waals surface area contributed by atoms with Crippen LogP contribution in [-0.4, -0.2) is 15.5 Å². The second-order valence-electron chi connectivity index (χ2n) is 4.42. The van der Waals surface area contributed by atoms with Crippen LogP contribution in [0, 0.1) is 6.92 Å². The normalized spacial score (nSPS) is 11.4. The largest absolute Gasteiger partial charge is 0.455 e. The van der Waals surface area contributed by atoms with Crippen molar-refractivity contribution >= 4 is 27.3 Å². The van der Waals surface area contributed by atoms with Gasteiger partial charge >= 0.3 is 0 Å². The fourth-order valence-corrected chi connectivity index (χ4v) is 2.60. The van der Waals surface area contributed by atoms with E-state index in [1.165, 1.54) is 25.2 Å². The van der Waals surface area contributed by atoms with Crippen LogP contribution in [0.5, 0.6) is 11.5 Å². The maximum atomic E-state index is 11.8. The molecule has 0 spiro atoms. The quantitative estimate of drug-likeness (QED) is 0.846. The molecule has 0 heterocycles. The van der Waals surface area contributed by atoms with E-state index in [1.54, 1.807) is 12.1 Å². The van der Waals surface area contributed by atoms with Gasteiger partial charge in [-0.25, -0.2) is 13.1 Å². The summed E-state index contributed by atoms with van der Waals surface area (Å²) in [6.07, 6.45) is 0. The molecular formula is C14H15ClN2O3S. The van der Waals surface area contributed by atoms with Crippen molar-refractivity contribution in [3.63, 3.8) is 0 Å². The topological polar surface area (TPSA) is 81.4 Å². The van der Waals surface area contributed by atoms with Gasteiger partial charge in [-0.15, -0.1) is 0 Å². The minimum Gasteiger partial charge on any atom is -0.455 e. The SMILES string of the molecule is CNS(=O)(=O)c1ccc(N)c(Oc2cc(Cl)ccc2C)c1. The number of halogens is 1. The van der Waals surface area contributed by atoms with E-state index < -0.39 is 10.0 Å². The molecule has 0 saturated heterocycles. The molecule has 0 bridgehead atoms. The van der Waals surface area contributed by atoms with Crippen molar-refractivity contribution in [2.75, 3.05) is 12.8 Å². The highest BCUT2D eigenvalue weighted by molar-refractivity contribution is 7.89. The number of rotatable bonds is 4. The summed E-state index contributed by atoms with van der Waals surface area (Å²) in [5, 5.41) is 0.521. The lowest BCUT2D eigenvalue weighted by molar-refractivity contribution is 0.479. The van der Waals surface area contributed by atoms with Gasteiger partial charge in [-0.3, -0.25) is 0 Å². The van der Waals surface area contributed by atoms with E-state index in [1.807, 2.05) is 13.0 Å². The van der Waals surface area contributed by atoms with Crippen LogP contribution in [0.1, 0.15) is 5.56 Å². The molecule has 0 atom stereocenters. The van der Waals surface area contributed by atoms with E-state index >= 15 is 0 Å². The summed E-state index contributed by atoms with van der Waals surface area (Å²) in [7, 11) is -2.22. The van der Waals surface area contributed by atoms with Crippen molar-refractivity contribution < 1.29 is 13.2 Å². The maximum Gasteiger partial charge on any atom is 0.240 e. The maximum absolute atomic E-state index is 11.8. The summed E-state index contributed by atoms with van der Waals surface area (Å²) in [6, 6.07) is 9.48. The van der Waals surface area contributed by atoms with Crippen LogP contribution in [0.3, 0.4) is 0 Å². The Labute approximate surface area is 128 Å². The van der Waals surface area contributed by atoms with Crippen LogP contribution in [0.2, 0.25) is 5.02 Å². The highest BCUT2D eigenvalue weighted by atomic mass is 35.5. The first-order valence-electron chi connectivity index (χ1n) is 6.10. The van der Waals surface area contributed by atoms with Crippen molar-refractivity contribution in [2.24, 2.45) is 0 Å². The molecule has 5 nitrogen and oxygen atoms in total. The molecule has 0 fully saturated rings. The van der Waals surface area contributed by atoms with Gasteiger partial charge in [0.2, 0.25) is 10.0 Å². The minimum atomic E-state index is -3.56. The van der Waals surface area contributed by atoms with Crippen molar-refractivity contribution in [3.8, 4) is 11.5 Å². The van der Waals surface area contributed by atoms with E-state index in [0.717, 1.165) is 5.56 Å². The van der Waals surface area contributed by atoms with E-state index in [-0.39, 0.29) is 10.6 Å². The Morgan fingerprint density at radius 3 is 2.52 bits per heavy atom. The van der Waals surface area contributed by atoms with E-state index in [2.05, 4.69) is 4.72 Å². The molecular weight excluding hydrogens is 312 g/mol. The molecule has 21 heavy (non-hydrogen) atoms. The molecule has 0 amide bonds. The molecule has 0 radical (unpaired) electrons. The molecule has 0 aliphatic heterocycles. The first-order chi connectivity index (χ1) is 9.83. The van der Waals surface area contributed by atoms with Crippen molar-refractivity contribution in [1.29, 1.82) is 0 Å². The molecule has 0 saturated carbocycles.